The van der Waals surface area contributed by atoms with Crippen molar-refractivity contribution in [2.24, 2.45) is 5.73 Å². The predicted octanol–water partition coefficient (Wildman–Crippen LogP) is 1.27. The van der Waals surface area contributed by atoms with E-state index in [1.807, 2.05) is 24.3 Å². The van der Waals surface area contributed by atoms with Gasteiger partial charge in [0.2, 0.25) is 0 Å². The van der Waals surface area contributed by atoms with Gasteiger partial charge in [-0.25, -0.2) is 0 Å². The third kappa shape index (κ3) is 3.46. The summed E-state index contributed by atoms with van der Waals surface area (Å²) in [6.45, 7) is 0. The molecule has 92 valence electrons. The summed E-state index contributed by atoms with van der Waals surface area (Å²) in [6.07, 6.45) is 3.18. The van der Waals surface area contributed by atoms with Crippen molar-refractivity contribution in [3.8, 4) is 5.75 Å². The van der Waals surface area contributed by atoms with Crippen LogP contribution in [0.25, 0.3) is 0 Å². The molecule has 0 radical (unpaired) electrons. The fourth-order valence-electron chi connectivity index (χ4n) is 1.57. The van der Waals surface area contributed by atoms with Crippen LogP contribution in [0, 0.1) is 0 Å². The van der Waals surface area contributed by atoms with Crippen LogP contribution >= 0.6 is 0 Å². The van der Waals surface area contributed by atoms with Crippen molar-refractivity contribution < 1.29 is 14.3 Å². The van der Waals surface area contributed by atoms with E-state index in [2.05, 4.69) is 4.74 Å². The van der Waals surface area contributed by atoms with E-state index >= 15 is 0 Å². The highest BCUT2D eigenvalue weighted by molar-refractivity contribution is 5.75. The summed E-state index contributed by atoms with van der Waals surface area (Å²) >= 11 is 0. The molecule has 17 heavy (non-hydrogen) atoms. The Bertz CT molecular complexity index is 384. The molecule has 1 aromatic rings. The fourth-order valence-corrected chi connectivity index (χ4v) is 1.57. The summed E-state index contributed by atoms with van der Waals surface area (Å²) in [4.78, 5) is 11.2. The van der Waals surface area contributed by atoms with Crippen LogP contribution in [0.5, 0.6) is 5.75 Å². The van der Waals surface area contributed by atoms with Gasteiger partial charge in [0.1, 0.15) is 11.8 Å². The van der Waals surface area contributed by atoms with Gasteiger partial charge in [-0.15, -0.1) is 0 Å². The maximum atomic E-state index is 11.2. The van der Waals surface area contributed by atoms with Crippen molar-refractivity contribution in [2.45, 2.75) is 31.4 Å². The van der Waals surface area contributed by atoms with E-state index < -0.39 is 6.04 Å². The molecule has 0 spiro atoms. The van der Waals surface area contributed by atoms with Gasteiger partial charge >= 0.3 is 5.97 Å². The summed E-state index contributed by atoms with van der Waals surface area (Å²) < 4.78 is 10.2. The third-order valence-corrected chi connectivity index (χ3v) is 2.71. The van der Waals surface area contributed by atoms with Gasteiger partial charge in [0, 0.05) is 0 Å². The summed E-state index contributed by atoms with van der Waals surface area (Å²) in [5, 5.41) is 0. The zero-order valence-corrected chi connectivity index (χ0v) is 9.89. The van der Waals surface area contributed by atoms with Crippen molar-refractivity contribution in [3.05, 3.63) is 29.8 Å². The van der Waals surface area contributed by atoms with E-state index in [-0.39, 0.29) is 5.97 Å². The second-order valence-electron chi connectivity index (χ2n) is 4.29. The molecule has 0 saturated heterocycles. The van der Waals surface area contributed by atoms with E-state index in [1.54, 1.807) is 0 Å². The number of carbonyl (C=O) groups is 1. The van der Waals surface area contributed by atoms with Gasteiger partial charge in [-0.2, -0.15) is 0 Å². The molecule has 1 aliphatic rings. The number of hydrogen-bond donors (Lipinski definition) is 1. The Hall–Kier alpha value is -1.55. The number of ether oxygens (including phenoxy) is 2. The molecule has 1 saturated carbocycles. The van der Waals surface area contributed by atoms with Crippen LogP contribution in [0.1, 0.15) is 18.4 Å². The predicted molar refractivity (Wildman–Crippen MR) is 63.8 cm³/mol. The maximum absolute atomic E-state index is 11.2. The number of nitrogens with two attached hydrogens (primary N) is 1. The first kappa shape index (κ1) is 11.9. The minimum atomic E-state index is -0.602. The van der Waals surface area contributed by atoms with Crippen molar-refractivity contribution >= 4 is 5.97 Å². The normalized spacial score (nSPS) is 16.4. The lowest BCUT2D eigenvalue weighted by Crippen LogP contribution is -2.33. The quantitative estimate of drug-likeness (QED) is 0.781. The molecular weight excluding hydrogens is 218 g/mol. The topological polar surface area (TPSA) is 61.5 Å². The highest BCUT2D eigenvalue weighted by Crippen LogP contribution is 2.26. The lowest BCUT2D eigenvalue weighted by Gasteiger charge is -2.10. The van der Waals surface area contributed by atoms with Crippen LogP contribution < -0.4 is 10.5 Å². The van der Waals surface area contributed by atoms with E-state index in [0.717, 1.165) is 24.2 Å². The molecule has 1 fully saturated rings. The number of esters is 1. The van der Waals surface area contributed by atoms with E-state index in [9.17, 15) is 4.79 Å². The van der Waals surface area contributed by atoms with Crippen molar-refractivity contribution in [1.29, 1.82) is 0 Å². The standard InChI is InChI=1S/C13H17NO3/c1-16-13(15)12(14)8-9-2-4-10(5-3-9)17-11-6-7-11/h2-5,11-12H,6-8,14H2,1H3/t12-/m0/s1. The average molecular weight is 235 g/mol. The zero-order valence-electron chi connectivity index (χ0n) is 9.89. The molecule has 0 amide bonds. The SMILES string of the molecule is COC(=O)[C@@H](N)Cc1ccc(OC2CC2)cc1. The first-order valence-electron chi connectivity index (χ1n) is 5.78. The molecule has 1 atom stereocenters. The molecular formula is C13H17NO3. The third-order valence-electron chi connectivity index (χ3n) is 2.71. The van der Waals surface area contributed by atoms with E-state index in [1.165, 1.54) is 7.11 Å². The minimum absolute atomic E-state index is 0.386. The van der Waals surface area contributed by atoms with Gasteiger partial charge in [0.15, 0.2) is 0 Å². The Morgan fingerprint density at radius 1 is 1.41 bits per heavy atom. The molecule has 2 rings (SSSR count). The average Bonchev–Trinajstić information content (AvgIpc) is 3.14. The highest BCUT2D eigenvalue weighted by Gasteiger charge is 2.23. The molecule has 0 unspecified atom stereocenters. The van der Waals surface area contributed by atoms with Gasteiger partial charge in [-0.05, 0) is 37.0 Å². The van der Waals surface area contributed by atoms with Crippen LogP contribution in [-0.2, 0) is 16.0 Å². The van der Waals surface area contributed by atoms with Crippen molar-refractivity contribution in [2.75, 3.05) is 7.11 Å². The van der Waals surface area contributed by atoms with Crippen molar-refractivity contribution in [3.63, 3.8) is 0 Å². The fraction of sp³-hybridized carbons (Fsp3) is 0.462. The molecule has 2 N–H and O–H groups in total. The Morgan fingerprint density at radius 2 is 2.06 bits per heavy atom. The molecule has 1 aliphatic carbocycles. The Balaban J connectivity index is 1.90. The van der Waals surface area contributed by atoms with Crippen LogP contribution in [0.3, 0.4) is 0 Å². The Kier molecular flexibility index (Phi) is 3.64. The second-order valence-corrected chi connectivity index (χ2v) is 4.29. The molecule has 0 heterocycles. The summed E-state index contributed by atoms with van der Waals surface area (Å²) in [7, 11) is 1.34. The van der Waals surface area contributed by atoms with Crippen LogP contribution in [0.2, 0.25) is 0 Å². The first-order valence-corrected chi connectivity index (χ1v) is 5.78. The molecule has 0 bridgehead atoms. The highest BCUT2D eigenvalue weighted by atomic mass is 16.5. The smallest absolute Gasteiger partial charge is 0.322 e. The molecule has 1 aromatic carbocycles. The van der Waals surface area contributed by atoms with Crippen molar-refractivity contribution in [1.82, 2.24) is 0 Å². The van der Waals surface area contributed by atoms with Crippen LogP contribution in [0.4, 0.5) is 0 Å². The van der Waals surface area contributed by atoms with E-state index in [4.69, 9.17) is 10.5 Å². The molecule has 4 heteroatoms. The summed E-state index contributed by atoms with van der Waals surface area (Å²) in [5.41, 5.74) is 6.69. The lowest BCUT2D eigenvalue weighted by atomic mass is 10.1. The number of rotatable bonds is 5. The number of methoxy groups -OCH3 is 1. The van der Waals surface area contributed by atoms with Crippen LogP contribution in [-0.4, -0.2) is 25.2 Å². The Labute approximate surface area is 101 Å². The second kappa shape index (κ2) is 5.19. The minimum Gasteiger partial charge on any atom is -0.490 e. The lowest BCUT2D eigenvalue weighted by molar-refractivity contribution is -0.142. The molecule has 4 nitrogen and oxygen atoms in total. The number of hydrogen-bond acceptors (Lipinski definition) is 4. The zero-order chi connectivity index (χ0) is 12.3. The summed E-state index contributed by atoms with van der Waals surface area (Å²) in [5.74, 6) is 0.492. The number of carbonyl (C=O) groups excluding carboxylic acids is 1. The Morgan fingerprint density at radius 3 is 2.59 bits per heavy atom. The number of benzene rings is 1. The van der Waals surface area contributed by atoms with Crippen LogP contribution in [0.15, 0.2) is 24.3 Å². The molecule has 0 aromatic heterocycles. The maximum Gasteiger partial charge on any atom is 0.322 e. The van der Waals surface area contributed by atoms with Gasteiger partial charge in [-0.3, -0.25) is 4.79 Å². The van der Waals surface area contributed by atoms with Gasteiger partial charge < -0.3 is 15.2 Å². The molecule has 0 aliphatic heterocycles. The van der Waals surface area contributed by atoms with Gasteiger partial charge in [-0.1, -0.05) is 12.1 Å². The largest absolute Gasteiger partial charge is 0.490 e. The van der Waals surface area contributed by atoms with Gasteiger partial charge in [0.25, 0.3) is 0 Å². The van der Waals surface area contributed by atoms with Gasteiger partial charge in [0.05, 0.1) is 13.2 Å². The monoisotopic (exact) mass is 235 g/mol. The summed E-state index contributed by atoms with van der Waals surface area (Å²) in [6, 6.07) is 7.09. The van der Waals surface area contributed by atoms with E-state index in [0.29, 0.717) is 12.5 Å². The first-order chi connectivity index (χ1) is 8.19.